The lowest BCUT2D eigenvalue weighted by Gasteiger charge is -2.52. The van der Waals surface area contributed by atoms with Crippen LogP contribution in [0.25, 0.3) is 6.08 Å². The van der Waals surface area contributed by atoms with Crippen LogP contribution in [0.4, 0.5) is 0 Å². The van der Waals surface area contributed by atoms with Crippen molar-refractivity contribution in [3.05, 3.63) is 65.2 Å². The Kier molecular flexibility index (Phi) is 5.16. The summed E-state index contributed by atoms with van der Waals surface area (Å²) in [6, 6.07) is 13.3. The highest BCUT2D eigenvalue weighted by atomic mass is 16.5. The van der Waals surface area contributed by atoms with Gasteiger partial charge in [-0.2, -0.15) is 0 Å². The van der Waals surface area contributed by atoms with Crippen LogP contribution < -0.4 is 4.74 Å². The normalized spacial score (nSPS) is 33.4. The molecule has 4 heteroatoms. The van der Waals surface area contributed by atoms with E-state index in [1.54, 1.807) is 12.1 Å². The number of phenols is 1. The maximum Gasteiger partial charge on any atom is 0.308 e. The van der Waals surface area contributed by atoms with E-state index in [4.69, 9.17) is 4.74 Å². The second kappa shape index (κ2) is 7.77. The summed E-state index contributed by atoms with van der Waals surface area (Å²) in [6.07, 6.45) is 10.1. The lowest BCUT2D eigenvalue weighted by atomic mass is 9.53. The van der Waals surface area contributed by atoms with Crippen molar-refractivity contribution >= 4 is 12.0 Å². The number of hydrogen-bond donors (Lipinski definition) is 2. The van der Waals surface area contributed by atoms with Crippen LogP contribution in [0.3, 0.4) is 0 Å². The van der Waals surface area contributed by atoms with E-state index in [2.05, 4.69) is 13.0 Å². The van der Waals surface area contributed by atoms with Crippen LogP contribution in [0.1, 0.15) is 68.6 Å². The summed E-state index contributed by atoms with van der Waals surface area (Å²) < 4.78 is 5.31. The molecule has 2 aromatic carbocycles. The van der Waals surface area contributed by atoms with Gasteiger partial charge in [-0.15, -0.1) is 0 Å². The van der Waals surface area contributed by atoms with E-state index < -0.39 is 5.60 Å². The SMILES string of the molecule is CC(=O)Oc1ccc2c(c1)CC[C@@H]1[C@@H]2CC[C@@]2(C)[C@H]1CC[C@@]2(O)/C=C\c1ccc(O)cc1. The highest BCUT2D eigenvalue weighted by Crippen LogP contribution is 2.64. The van der Waals surface area contributed by atoms with Crippen LogP contribution in [-0.4, -0.2) is 21.8 Å². The molecule has 2 fully saturated rings. The second-order valence-corrected chi connectivity index (χ2v) is 10.2. The Hall–Kier alpha value is -2.59. The van der Waals surface area contributed by atoms with Crippen LogP contribution in [0.2, 0.25) is 0 Å². The van der Waals surface area contributed by atoms with Crippen LogP contribution in [0.5, 0.6) is 11.5 Å². The van der Waals surface area contributed by atoms with Gasteiger partial charge in [-0.05, 0) is 97.2 Å². The van der Waals surface area contributed by atoms with Crippen molar-refractivity contribution in [2.75, 3.05) is 0 Å². The third-order valence-electron chi connectivity index (χ3n) is 8.62. The number of rotatable bonds is 3. The lowest BCUT2D eigenvalue weighted by molar-refractivity contribution is -0.131. The molecule has 0 amide bonds. The summed E-state index contributed by atoms with van der Waals surface area (Å²) in [5.74, 6) is 2.22. The van der Waals surface area contributed by atoms with E-state index in [0.717, 1.165) is 44.1 Å². The molecule has 2 N–H and O–H groups in total. The largest absolute Gasteiger partial charge is 0.508 e. The number of aryl methyl sites for hydroxylation is 1. The number of carbonyl (C=O) groups excluding carboxylic acids is 1. The van der Waals surface area contributed by atoms with E-state index in [-0.39, 0.29) is 17.1 Å². The van der Waals surface area contributed by atoms with Crippen molar-refractivity contribution < 1.29 is 19.7 Å². The van der Waals surface area contributed by atoms with Gasteiger partial charge in [0.15, 0.2) is 0 Å². The first-order valence-electron chi connectivity index (χ1n) is 11.8. The molecule has 2 aromatic rings. The third-order valence-corrected chi connectivity index (χ3v) is 8.62. The zero-order chi connectivity index (χ0) is 22.5. The first kappa shape index (κ1) is 21.3. The Morgan fingerprint density at radius 2 is 1.88 bits per heavy atom. The number of aromatic hydroxyl groups is 1. The van der Waals surface area contributed by atoms with Crippen molar-refractivity contribution in [1.29, 1.82) is 0 Å². The number of hydrogen-bond acceptors (Lipinski definition) is 4. The van der Waals surface area contributed by atoms with E-state index in [1.807, 2.05) is 36.4 Å². The average Bonchev–Trinajstić information content (AvgIpc) is 3.04. The lowest BCUT2D eigenvalue weighted by Crippen LogP contribution is -2.49. The third kappa shape index (κ3) is 3.45. The summed E-state index contributed by atoms with van der Waals surface area (Å²) in [6.45, 7) is 3.73. The van der Waals surface area contributed by atoms with Gasteiger partial charge in [-0.1, -0.05) is 37.3 Å². The number of carbonyl (C=O) groups is 1. The van der Waals surface area contributed by atoms with Gasteiger partial charge in [0.2, 0.25) is 0 Å². The first-order chi connectivity index (χ1) is 15.3. The Bertz CT molecular complexity index is 1060. The average molecular weight is 433 g/mol. The molecule has 0 spiro atoms. The molecule has 0 heterocycles. The van der Waals surface area contributed by atoms with Crippen LogP contribution in [-0.2, 0) is 11.2 Å². The molecule has 3 aliphatic carbocycles. The Labute approximate surface area is 189 Å². The molecule has 0 aromatic heterocycles. The van der Waals surface area contributed by atoms with E-state index >= 15 is 0 Å². The number of ether oxygens (including phenoxy) is 1. The number of esters is 1. The van der Waals surface area contributed by atoms with Crippen molar-refractivity contribution in [2.45, 2.75) is 63.9 Å². The monoisotopic (exact) mass is 432 g/mol. The molecule has 3 aliphatic rings. The van der Waals surface area contributed by atoms with E-state index in [0.29, 0.717) is 23.5 Å². The fraction of sp³-hybridized carbons (Fsp3) is 0.464. The minimum Gasteiger partial charge on any atom is -0.508 e. The van der Waals surface area contributed by atoms with Gasteiger partial charge in [0.1, 0.15) is 11.5 Å². The minimum atomic E-state index is -0.806. The number of fused-ring (bicyclic) bond motifs is 5. The van der Waals surface area contributed by atoms with Crippen LogP contribution >= 0.6 is 0 Å². The molecular weight excluding hydrogens is 400 g/mol. The highest BCUT2D eigenvalue weighted by Gasteiger charge is 2.60. The smallest absolute Gasteiger partial charge is 0.308 e. The van der Waals surface area contributed by atoms with E-state index in [9.17, 15) is 15.0 Å². The van der Waals surface area contributed by atoms with Gasteiger partial charge in [-0.25, -0.2) is 0 Å². The molecule has 0 unspecified atom stereocenters. The van der Waals surface area contributed by atoms with Gasteiger partial charge in [0, 0.05) is 12.3 Å². The van der Waals surface area contributed by atoms with Gasteiger partial charge in [0.25, 0.3) is 0 Å². The number of aliphatic hydroxyl groups is 1. The quantitative estimate of drug-likeness (QED) is 0.488. The summed E-state index contributed by atoms with van der Waals surface area (Å²) >= 11 is 0. The predicted molar refractivity (Wildman–Crippen MR) is 124 cm³/mol. The van der Waals surface area contributed by atoms with Crippen molar-refractivity contribution in [3.8, 4) is 11.5 Å². The van der Waals surface area contributed by atoms with Gasteiger partial charge >= 0.3 is 5.97 Å². The summed E-state index contributed by atoms with van der Waals surface area (Å²) in [5, 5.41) is 21.3. The molecule has 5 rings (SSSR count). The van der Waals surface area contributed by atoms with Crippen molar-refractivity contribution in [3.63, 3.8) is 0 Å². The number of phenolic OH excluding ortho intramolecular Hbond substituents is 1. The Balaban J connectivity index is 1.39. The fourth-order valence-corrected chi connectivity index (χ4v) is 6.93. The van der Waals surface area contributed by atoms with Gasteiger partial charge in [-0.3, -0.25) is 4.79 Å². The van der Waals surface area contributed by atoms with Crippen LogP contribution in [0, 0.1) is 17.3 Å². The van der Waals surface area contributed by atoms with Crippen molar-refractivity contribution in [2.24, 2.45) is 17.3 Å². The zero-order valence-corrected chi connectivity index (χ0v) is 18.9. The second-order valence-electron chi connectivity index (χ2n) is 10.2. The molecule has 0 saturated heterocycles. The molecule has 0 radical (unpaired) electrons. The van der Waals surface area contributed by atoms with Crippen LogP contribution in [0.15, 0.2) is 48.5 Å². The fourth-order valence-electron chi connectivity index (χ4n) is 6.93. The standard InChI is InChI=1S/C28H32O4/c1-18(29)32-22-8-10-23-20(17-22)5-9-25-24(23)12-14-27(2)26(25)13-16-28(27,31)15-11-19-3-6-21(30)7-4-19/h3-4,6-8,10-11,15,17,24-26,30-31H,5,9,12-14,16H2,1-2H3/b15-11-/t24-,25-,26+,27+,28+/m1/s1. The molecule has 2 saturated carbocycles. The summed E-state index contributed by atoms with van der Waals surface area (Å²) in [4.78, 5) is 11.3. The predicted octanol–water partition coefficient (Wildman–Crippen LogP) is 5.62. The maximum absolute atomic E-state index is 11.8. The Morgan fingerprint density at radius 1 is 1.09 bits per heavy atom. The zero-order valence-electron chi connectivity index (χ0n) is 18.9. The van der Waals surface area contributed by atoms with E-state index in [1.165, 1.54) is 18.1 Å². The summed E-state index contributed by atoms with van der Waals surface area (Å²) in [7, 11) is 0. The topological polar surface area (TPSA) is 66.8 Å². The molecular formula is C28H32O4. The number of benzene rings is 2. The van der Waals surface area contributed by atoms with Crippen molar-refractivity contribution in [1.82, 2.24) is 0 Å². The summed E-state index contributed by atoms with van der Waals surface area (Å²) in [5.41, 5.74) is 2.78. The minimum absolute atomic E-state index is 0.128. The van der Waals surface area contributed by atoms with Gasteiger partial charge in [0.05, 0.1) is 5.60 Å². The first-order valence-corrected chi connectivity index (χ1v) is 11.8. The molecule has 32 heavy (non-hydrogen) atoms. The molecule has 0 bridgehead atoms. The molecule has 168 valence electrons. The maximum atomic E-state index is 11.8. The highest BCUT2D eigenvalue weighted by molar-refractivity contribution is 5.69. The Morgan fingerprint density at radius 3 is 2.62 bits per heavy atom. The molecule has 5 atom stereocenters. The molecule has 0 aliphatic heterocycles. The van der Waals surface area contributed by atoms with Gasteiger partial charge < -0.3 is 14.9 Å². The molecule has 4 nitrogen and oxygen atoms in total.